The molecule has 0 radical (unpaired) electrons. The zero-order valence-corrected chi connectivity index (χ0v) is 14.2. The molecule has 0 saturated heterocycles. The molecule has 0 aromatic carbocycles. The van der Waals surface area contributed by atoms with Crippen molar-refractivity contribution in [2.75, 3.05) is 20.6 Å². The van der Waals surface area contributed by atoms with Gasteiger partial charge in [-0.2, -0.15) is 0 Å². The fourth-order valence-electron chi connectivity index (χ4n) is 1.67. The van der Waals surface area contributed by atoms with E-state index in [4.69, 9.17) is 4.74 Å². The Morgan fingerprint density at radius 1 is 1.30 bits per heavy atom. The van der Waals surface area contributed by atoms with Gasteiger partial charge in [-0.15, -0.1) is 0 Å². The van der Waals surface area contributed by atoms with Crippen molar-refractivity contribution in [1.29, 1.82) is 0 Å². The molecule has 1 aromatic heterocycles. The van der Waals surface area contributed by atoms with Crippen LogP contribution in [0, 0.1) is 0 Å². The second kappa shape index (κ2) is 7.71. The Morgan fingerprint density at radius 2 is 1.96 bits per heavy atom. The van der Waals surface area contributed by atoms with Crippen molar-refractivity contribution in [3.63, 3.8) is 0 Å². The van der Waals surface area contributed by atoms with E-state index in [1.807, 2.05) is 0 Å². The van der Waals surface area contributed by atoms with Gasteiger partial charge in [-0.25, -0.2) is 4.79 Å². The van der Waals surface area contributed by atoms with Crippen LogP contribution in [0.3, 0.4) is 0 Å². The third kappa shape index (κ3) is 6.46. The molecule has 0 spiro atoms. The molecule has 1 aromatic rings. The Morgan fingerprint density at radius 3 is 2.48 bits per heavy atom. The van der Waals surface area contributed by atoms with Gasteiger partial charge in [0.15, 0.2) is 0 Å². The van der Waals surface area contributed by atoms with E-state index in [-0.39, 0.29) is 19.0 Å². The van der Waals surface area contributed by atoms with Gasteiger partial charge in [-0.05, 0) is 32.9 Å². The summed E-state index contributed by atoms with van der Waals surface area (Å²) in [6.45, 7) is 5.21. The summed E-state index contributed by atoms with van der Waals surface area (Å²) < 4.78 is 5.33. The third-order valence-electron chi connectivity index (χ3n) is 2.81. The van der Waals surface area contributed by atoms with Crippen molar-refractivity contribution < 1.29 is 19.1 Å². The number of likely N-dealkylation sites (N-methyl/N-ethyl adjacent to an activating group) is 1. The van der Waals surface area contributed by atoms with Crippen LogP contribution in [0.4, 0.5) is 4.79 Å². The first-order chi connectivity index (χ1) is 10.6. The van der Waals surface area contributed by atoms with Crippen LogP contribution in [0.15, 0.2) is 18.3 Å². The fraction of sp³-hybridized carbons (Fsp3) is 0.500. The van der Waals surface area contributed by atoms with Gasteiger partial charge >= 0.3 is 6.09 Å². The van der Waals surface area contributed by atoms with Crippen LogP contribution < -0.4 is 0 Å². The summed E-state index contributed by atoms with van der Waals surface area (Å²) >= 11 is 0. The molecule has 0 bridgehead atoms. The zero-order chi connectivity index (χ0) is 17.6. The predicted molar refractivity (Wildman–Crippen MR) is 85.0 cm³/mol. The molecule has 0 unspecified atom stereocenters. The van der Waals surface area contributed by atoms with Crippen LogP contribution in [0.2, 0.25) is 0 Å². The third-order valence-corrected chi connectivity index (χ3v) is 2.81. The molecule has 0 aliphatic rings. The number of pyridine rings is 1. The van der Waals surface area contributed by atoms with E-state index < -0.39 is 11.7 Å². The average Bonchev–Trinajstić information content (AvgIpc) is 2.44. The highest BCUT2D eigenvalue weighted by molar-refractivity contribution is 5.82. The molecule has 0 fully saturated rings. The molecule has 0 aliphatic heterocycles. The van der Waals surface area contributed by atoms with Crippen molar-refractivity contribution >= 4 is 18.3 Å². The minimum atomic E-state index is -0.672. The number of amides is 2. The second-order valence-corrected chi connectivity index (χ2v) is 6.32. The lowest BCUT2D eigenvalue weighted by Gasteiger charge is -2.27. The molecule has 1 heterocycles. The first kappa shape index (κ1) is 18.6. The Labute approximate surface area is 136 Å². The highest BCUT2D eigenvalue weighted by atomic mass is 16.6. The van der Waals surface area contributed by atoms with Crippen LogP contribution in [-0.2, 0) is 16.1 Å². The fourth-order valence-corrected chi connectivity index (χ4v) is 1.67. The van der Waals surface area contributed by atoms with Crippen molar-refractivity contribution in [2.24, 2.45) is 0 Å². The molecular weight excluding hydrogens is 298 g/mol. The Kier molecular flexibility index (Phi) is 6.24. The van der Waals surface area contributed by atoms with Gasteiger partial charge in [0, 0.05) is 25.9 Å². The number of rotatable bonds is 5. The predicted octanol–water partition coefficient (Wildman–Crippen LogP) is 1.72. The van der Waals surface area contributed by atoms with E-state index in [9.17, 15) is 14.4 Å². The van der Waals surface area contributed by atoms with Gasteiger partial charge in [0.1, 0.15) is 18.4 Å². The number of hydrogen-bond donors (Lipinski definition) is 0. The van der Waals surface area contributed by atoms with Gasteiger partial charge in [-0.3, -0.25) is 19.5 Å². The van der Waals surface area contributed by atoms with Crippen LogP contribution in [0.25, 0.3) is 0 Å². The highest BCUT2D eigenvalue weighted by Crippen LogP contribution is 2.12. The van der Waals surface area contributed by atoms with E-state index in [0.29, 0.717) is 17.5 Å². The number of hydrogen-bond acceptors (Lipinski definition) is 5. The quantitative estimate of drug-likeness (QED) is 0.772. The highest BCUT2D eigenvalue weighted by Gasteiger charge is 2.25. The molecule has 7 nitrogen and oxygen atoms in total. The number of carbonyl (C=O) groups excluding carboxylic acids is 3. The van der Waals surface area contributed by atoms with Gasteiger partial charge < -0.3 is 9.64 Å². The standard InChI is InChI=1S/C16H23N3O4/c1-16(2,3)23-15(22)19(10-14(21)18(4)5)9-13-8-12(11-20)6-7-17-13/h6-8,11H,9-10H2,1-5H3. The van der Waals surface area contributed by atoms with Crippen molar-refractivity contribution in [3.05, 3.63) is 29.6 Å². The molecule has 0 saturated carbocycles. The molecule has 0 atom stereocenters. The minimum Gasteiger partial charge on any atom is -0.444 e. The minimum absolute atomic E-state index is 0.0795. The first-order valence-corrected chi connectivity index (χ1v) is 7.20. The van der Waals surface area contributed by atoms with E-state index in [1.54, 1.807) is 47.0 Å². The Bertz CT molecular complexity index is 579. The number of carbonyl (C=O) groups is 3. The summed E-state index contributed by atoms with van der Waals surface area (Å²) in [6, 6.07) is 3.14. The maximum atomic E-state index is 12.3. The van der Waals surface area contributed by atoms with Crippen LogP contribution in [0.1, 0.15) is 36.8 Å². The lowest BCUT2D eigenvalue weighted by Crippen LogP contribution is -2.42. The lowest BCUT2D eigenvalue weighted by atomic mass is 10.2. The zero-order valence-electron chi connectivity index (χ0n) is 14.2. The van der Waals surface area contributed by atoms with E-state index in [2.05, 4.69) is 4.98 Å². The maximum Gasteiger partial charge on any atom is 0.411 e. The summed E-state index contributed by atoms with van der Waals surface area (Å²) in [5, 5.41) is 0. The molecular formula is C16H23N3O4. The summed E-state index contributed by atoms with van der Waals surface area (Å²) in [5.41, 5.74) is 0.291. The van der Waals surface area contributed by atoms with Gasteiger partial charge in [0.2, 0.25) is 5.91 Å². The summed E-state index contributed by atoms with van der Waals surface area (Å²) in [6.07, 6.45) is 1.58. The van der Waals surface area contributed by atoms with Crippen LogP contribution in [-0.4, -0.2) is 59.3 Å². The van der Waals surface area contributed by atoms with Crippen LogP contribution in [0.5, 0.6) is 0 Å². The molecule has 0 N–H and O–H groups in total. The van der Waals surface area contributed by atoms with E-state index >= 15 is 0 Å². The number of nitrogens with zero attached hydrogens (tertiary/aromatic N) is 3. The summed E-state index contributed by atoms with van der Waals surface area (Å²) in [4.78, 5) is 41.9. The topological polar surface area (TPSA) is 79.8 Å². The Hall–Kier alpha value is -2.44. The molecule has 7 heteroatoms. The average molecular weight is 321 g/mol. The maximum absolute atomic E-state index is 12.3. The van der Waals surface area contributed by atoms with Gasteiger partial charge in [-0.1, -0.05) is 0 Å². The van der Waals surface area contributed by atoms with Crippen molar-refractivity contribution in [3.8, 4) is 0 Å². The Balaban J connectivity index is 2.95. The van der Waals surface area contributed by atoms with Gasteiger partial charge in [0.25, 0.3) is 0 Å². The van der Waals surface area contributed by atoms with Crippen LogP contribution >= 0.6 is 0 Å². The number of aromatic nitrogens is 1. The van der Waals surface area contributed by atoms with Crippen molar-refractivity contribution in [2.45, 2.75) is 32.9 Å². The molecule has 126 valence electrons. The number of aldehydes is 1. The normalized spacial score (nSPS) is 10.8. The molecule has 0 aliphatic carbocycles. The molecule has 2 amide bonds. The largest absolute Gasteiger partial charge is 0.444 e. The second-order valence-electron chi connectivity index (χ2n) is 6.32. The molecule has 23 heavy (non-hydrogen) atoms. The first-order valence-electron chi connectivity index (χ1n) is 7.20. The van der Waals surface area contributed by atoms with E-state index in [0.717, 1.165) is 0 Å². The lowest BCUT2D eigenvalue weighted by molar-refractivity contribution is -0.130. The summed E-state index contributed by atoms with van der Waals surface area (Å²) in [7, 11) is 3.22. The molecule has 1 rings (SSSR count). The summed E-state index contributed by atoms with van der Waals surface area (Å²) in [5.74, 6) is -0.234. The van der Waals surface area contributed by atoms with Gasteiger partial charge in [0.05, 0.1) is 12.2 Å². The van der Waals surface area contributed by atoms with E-state index in [1.165, 1.54) is 16.0 Å². The number of ether oxygens (including phenoxy) is 1. The van der Waals surface area contributed by atoms with Crippen molar-refractivity contribution in [1.82, 2.24) is 14.8 Å². The smallest absolute Gasteiger partial charge is 0.411 e. The SMILES string of the molecule is CN(C)C(=O)CN(Cc1cc(C=O)ccn1)C(=O)OC(C)(C)C. The monoisotopic (exact) mass is 321 g/mol.